The van der Waals surface area contributed by atoms with E-state index in [1.807, 2.05) is 6.92 Å². The van der Waals surface area contributed by atoms with Crippen molar-refractivity contribution in [1.29, 1.82) is 0 Å². The molecule has 1 heterocycles. The highest BCUT2D eigenvalue weighted by molar-refractivity contribution is 8.04. The first-order valence-electron chi connectivity index (χ1n) is 8.35. The van der Waals surface area contributed by atoms with Crippen LogP contribution in [0.5, 0.6) is 5.75 Å². The number of benzene rings is 2. The lowest BCUT2D eigenvalue weighted by molar-refractivity contribution is -0.137. The van der Waals surface area contributed by atoms with Crippen molar-refractivity contribution in [3.8, 4) is 5.75 Å². The molecule has 3 rings (SSSR count). The average molecular weight is 407 g/mol. The van der Waals surface area contributed by atoms with Gasteiger partial charge in [0.15, 0.2) is 0 Å². The van der Waals surface area contributed by atoms with Crippen molar-refractivity contribution < 1.29 is 27.5 Å². The number of carbonyl (C=O) groups is 2. The fourth-order valence-corrected chi connectivity index (χ4v) is 3.71. The lowest BCUT2D eigenvalue weighted by Gasteiger charge is -2.17. The van der Waals surface area contributed by atoms with Gasteiger partial charge in [-0.05, 0) is 41.6 Å². The zero-order valence-corrected chi connectivity index (χ0v) is 15.9. The Labute approximate surface area is 164 Å². The summed E-state index contributed by atoms with van der Waals surface area (Å²) < 4.78 is 44.2. The minimum Gasteiger partial charge on any atom is -0.497 e. The van der Waals surface area contributed by atoms with Gasteiger partial charge in [0.25, 0.3) is 11.8 Å². The van der Waals surface area contributed by atoms with Crippen LogP contribution < -0.4 is 9.64 Å². The van der Waals surface area contributed by atoms with Gasteiger partial charge in [0.1, 0.15) is 5.75 Å². The summed E-state index contributed by atoms with van der Waals surface area (Å²) in [6.45, 7) is 1.83. The molecular weight excluding hydrogens is 391 g/mol. The van der Waals surface area contributed by atoms with Gasteiger partial charge in [-0.15, -0.1) is 11.8 Å². The molecule has 146 valence electrons. The number of nitrogens with zero attached hydrogens (tertiary/aromatic N) is 1. The van der Waals surface area contributed by atoms with Crippen LogP contribution in [0, 0.1) is 0 Å². The molecule has 1 aliphatic rings. The van der Waals surface area contributed by atoms with Crippen LogP contribution in [-0.2, 0) is 15.8 Å². The van der Waals surface area contributed by atoms with Gasteiger partial charge in [-0.25, -0.2) is 4.90 Å². The smallest absolute Gasteiger partial charge is 0.416 e. The summed E-state index contributed by atoms with van der Waals surface area (Å²) in [6, 6.07) is 10.8. The topological polar surface area (TPSA) is 46.6 Å². The Morgan fingerprint density at radius 3 is 2.29 bits per heavy atom. The minimum absolute atomic E-state index is 0.109. The second-order valence-corrected chi connectivity index (χ2v) is 7.13. The molecule has 0 bridgehead atoms. The Morgan fingerprint density at radius 2 is 1.71 bits per heavy atom. The summed E-state index contributed by atoms with van der Waals surface area (Å²) >= 11 is 1.19. The van der Waals surface area contributed by atoms with Crippen LogP contribution in [-0.4, -0.2) is 24.7 Å². The molecule has 1 aliphatic heterocycles. The fraction of sp³-hybridized carbons (Fsp3) is 0.200. The highest BCUT2D eigenvalue weighted by Gasteiger charge is 2.41. The first kappa shape index (κ1) is 20.0. The molecule has 2 aromatic rings. The number of amides is 2. The average Bonchev–Trinajstić information content (AvgIpc) is 2.91. The first-order valence-corrected chi connectivity index (χ1v) is 9.34. The molecule has 2 aromatic carbocycles. The van der Waals surface area contributed by atoms with Gasteiger partial charge in [0, 0.05) is 0 Å². The number of anilines is 1. The van der Waals surface area contributed by atoms with E-state index >= 15 is 0 Å². The molecular formula is C20H16F3NO3S. The highest BCUT2D eigenvalue weighted by Crippen LogP contribution is 2.40. The number of alkyl halides is 3. The van der Waals surface area contributed by atoms with E-state index in [-0.39, 0.29) is 16.2 Å². The van der Waals surface area contributed by atoms with Crippen molar-refractivity contribution in [3.05, 3.63) is 64.6 Å². The Bertz CT molecular complexity index is 952. The van der Waals surface area contributed by atoms with Gasteiger partial charge in [-0.2, -0.15) is 13.2 Å². The van der Waals surface area contributed by atoms with E-state index in [9.17, 15) is 22.8 Å². The summed E-state index contributed by atoms with van der Waals surface area (Å²) in [7, 11) is 1.51. The number of carbonyl (C=O) groups excluding carboxylic acids is 2. The van der Waals surface area contributed by atoms with E-state index in [1.165, 1.54) is 31.0 Å². The standard InChI is InChI=1S/C20H16F3NO3S/c1-3-28-17-16(12-7-9-15(27-2)10-8-12)18(25)24(19(17)26)14-6-4-5-13(11-14)20(21,22)23/h4-11H,3H2,1-2H3. The maximum Gasteiger partial charge on any atom is 0.416 e. The van der Waals surface area contributed by atoms with E-state index in [4.69, 9.17) is 4.74 Å². The zero-order valence-electron chi connectivity index (χ0n) is 15.0. The maximum atomic E-state index is 13.0. The number of ether oxygens (including phenoxy) is 1. The second-order valence-electron chi connectivity index (χ2n) is 5.86. The minimum atomic E-state index is -4.57. The van der Waals surface area contributed by atoms with Gasteiger partial charge in [-0.3, -0.25) is 9.59 Å². The Morgan fingerprint density at radius 1 is 1.04 bits per heavy atom. The number of halogens is 3. The summed E-state index contributed by atoms with van der Waals surface area (Å²) in [5, 5.41) is 0. The van der Waals surface area contributed by atoms with Crippen molar-refractivity contribution in [2.24, 2.45) is 0 Å². The van der Waals surface area contributed by atoms with Crippen LogP contribution >= 0.6 is 11.8 Å². The van der Waals surface area contributed by atoms with E-state index in [1.54, 1.807) is 24.3 Å². The van der Waals surface area contributed by atoms with Gasteiger partial charge < -0.3 is 4.74 Å². The third-order valence-corrected chi connectivity index (χ3v) is 5.10. The number of rotatable bonds is 5. The molecule has 28 heavy (non-hydrogen) atoms. The fourth-order valence-electron chi connectivity index (χ4n) is 2.86. The Balaban J connectivity index is 2.06. The molecule has 0 aliphatic carbocycles. The lowest BCUT2D eigenvalue weighted by atomic mass is 10.1. The maximum absolute atomic E-state index is 13.0. The molecule has 0 aromatic heterocycles. The van der Waals surface area contributed by atoms with Gasteiger partial charge >= 0.3 is 6.18 Å². The molecule has 0 saturated heterocycles. The molecule has 0 atom stereocenters. The summed E-state index contributed by atoms with van der Waals surface area (Å²) in [5.41, 5.74) is -0.350. The zero-order chi connectivity index (χ0) is 20.5. The normalized spacial score (nSPS) is 14.8. The van der Waals surface area contributed by atoms with Crippen molar-refractivity contribution >= 4 is 34.8 Å². The molecule has 2 amide bonds. The molecule has 0 spiro atoms. The molecule has 0 radical (unpaired) electrons. The predicted octanol–water partition coefficient (Wildman–Crippen LogP) is 4.75. The number of hydrogen-bond donors (Lipinski definition) is 0. The van der Waals surface area contributed by atoms with Gasteiger partial charge in [0.05, 0.1) is 28.8 Å². The third-order valence-electron chi connectivity index (χ3n) is 4.14. The van der Waals surface area contributed by atoms with E-state index in [0.29, 0.717) is 17.1 Å². The van der Waals surface area contributed by atoms with Crippen molar-refractivity contribution in [2.75, 3.05) is 17.8 Å². The van der Waals surface area contributed by atoms with Crippen molar-refractivity contribution in [2.45, 2.75) is 13.1 Å². The van der Waals surface area contributed by atoms with E-state index < -0.39 is 23.6 Å². The number of imide groups is 1. The summed E-state index contributed by atoms with van der Waals surface area (Å²) in [6.07, 6.45) is -4.57. The van der Waals surface area contributed by atoms with Gasteiger partial charge in [0.2, 0.25) is 0 Å². The highest BCUT2D eigenvalue weighted by atomic mass is 32.2. The second kappa shape index (κ2) is 7.71. The molecule has 4 nitrogen and oxygen atoms in total. The molecule has 8 heteroatoms. The molecule has 0 saturated carbocycles. The third kappa shape index (κ3) is 3.64. The lowest BCUT2D eigenvalue weighted by Crippen LogP contribution is -2.31. The van der Waals surface area contributed by atoms with Crippen LogP contribution in [0.4, 0.5) is 18.9 Å². The molecule has 0 unspecified atom stereocenters. The SMILES string of the molecule is CCSC1=C(c2ccc(OC)cc2)C(=O)N(c2cccc(C(F)(F)F)c2)C1=O. The number of methoxy groups -OCH3 is 1. The van der Waals surface area contributed by atoms with Crippen molar-refractivity contribution in [3.63, 3.8) is 0 Å². The van der Waals surface area contributed by atoms with Gasteiger partial charge in [-0.1, -0.05) is 25.1 Å². The van der Waals surface area contributed by atoms with E-state index in [2.05, 4.69) is 0 Å². The molecule has 0 fully saturated rings. The Kier molecular flexibility index (Phi) is 5.51. The van der Waals surface area contributed by atoms with Crippen LogP contribution in [0.1, 0.15) is 18.1 Å². The monoisotopic (exact) mass is 407 g/mol. The van der Waals surface area contributed by atoms with Crippen molar-refractivity contribution in [1.82, 2.24) is 0 Å². The predicted molar refractivity (Wildman–Crippen MR) is 102 cm³/mol. The van der Waals surface area contributed by atoms with E-state index in [0.717, 1.165) is 17.0 Å². The number of hydrogen-bond acceptors (Lipinski definition) is 4. The largest absolute Gasteiger partial charge is 0.497 e. The first-order chi connectivity index (χ1) is 13.3. The quantitative estimate of drug-likeness (QED) is 0.671. The Hall–Kier alpha value is -2.74. The summed E-state index contributed by atoms with van der Waals surface area (Å²) in [4.78, 5) is 26.9. The van der Waals surface area contributed by atoms with Crippen LogP contribution in [0.25, 0.3) is 5.57 Å². The van der Waals surface area contributed by atoms with Crippen LogP contribution in [0.3, 0.4) is 0 Å². The summed E-state index contributed by atoms with van der Waals surface area (Å²) in [5.74, 6) is -0.155. The van der Waals surface area contributed by atoms with Crippen LogP contribution in [0.2, 0.25) is 0 Å². The number of thioether (sulfide) groups is 1. The molecule has 0 N–H and O–H groups in total. The van der Waals surface area contributed by atoms with Crippen LogP contribution in [0.15, 0.2) is 53.4 Å².